The zero-order chi connectivity index (χ0) is 26.9. The van der Waals surface area contributed by atoms with Crippen LogP contribution >= 0.6 is 11.6 Å². The minimum atomic E-state index is -0.245. The number of methoxy groups -OCH3 is 3. The van der Waals surface area contributed by atoms with Crippen LogP contribution in [0.5, 0.6) is 17.2 Å². The van der Waals surface area contributed by atoms with Gasteiger partial charge in [-0.15, -0.1) is 0 Å². The van der Waals surface area contributed by atoms with Crippen LogP contribution in [0.4, 0.5) is 0 Å². The minimum Gasteiger partial charge on any atom is -0.497 e. The molecule has 3 aromatic carbocycles. The molecule has 2 atom stereocenters. The SMILES string of the molecule is COc1ccc(CN[C@H]2C[C@@H](C(=O)NCCc3ccc(OC)c(OC)c3)N(Cc3ccccc3Cl)C2)cc1. The number of hydrogen-bond acceptors (Lipinski definition) is 6. The van der Waals surface area contributed by atoms with Crippen LogP contribution in [0.2, 0.25) is 5.02 Å². The van der Waals surface area contributed by atoms with Gasteiger partial charge in [0, 0.05) is 37.2 Å². The highest BCUT2D eigenvalue weighted by atomic mass is 35.5. The first kappa shape index (κ1) is 27.8. The molecule has 0 spiro atoms. The van der Waals surface area contributed by atoms with Gasteiger partial charge < -0.3 is 24.8 Å². The summed E-state index contributed by atoms with van der Waals surface area (Å²) in [6.45, 7) is 2.64. The molecular formula is C30H36ClN3O4. The topological polar surface area (TPSA) is 72.1 Å². The van der Waals surface area contributed by atoms with E-state index in [1.165, 1.54) is 5.56 Å². The predicted molar refractivity (Wildman–Crippen MR) is 150 cm³/mol. The summed E-state index contributed by atoms with van der Waals surface area (Å²) in [6, 6.07) is 21.6. The molecule has 1 heterocycles. The Morgan fingerprint density at radius 3 is 2.39 bits per heavy atom. The van der Waals surface area contributed by atoms with E-state index in [0.29, 0.717) is 31.0 Å². The zero-order valence-electron chi connectivity index (χ0n) is 22.2. The number of nitrogens with one attached hydrogen (secondary N) is 2. The van der Waals surface area contributed by atoms with Gasteiger partial charge in [0.1, 0.15) is 5.75 Å². The Labute approximate surface area is 230 Å². The van der Waals surface area contributed by atoms with Crippen LogP contribution in [0.3, 0.4) is 0 Å². The molecule has 2 N–H and O–H groups in total. The summed E-state index contributed by atoms with van der Waals surface area (Å²) < 4.78 is 16.0. The molecule has 0 radical (unpaired) electrons. The van der Waals surface area contributed by atoms with Gasteiger partial charge >= 0.3 is 0 Å². The second kappa shape index (κ2) is 13.5. The number of rotatable bonds is 12. The fourth-order valence-electron chi connectivity index (χ4n) is 4.83. The number of likely N-dealkylation sites (tertiary alicyclic amines) is 1. The Balaban J connectivity index is 1.38. The van der Waals surface area contributed by atoms with Crippen LogP contribution in [0.15, 0.2) is 66.7 Å². The average Bonchev–Trinajstić information content (AvgIpc) is 3.36. The van der Waals surface area contributed by atoms with Crippen LogP contribution in [-0.2, 0) is 24.3 Å². The van der Waals surface area contributed by atoms with E-state index in [4.69, 9.17) is 25.8 Å². The van der Waals surface area contributed by atoms with E-state index in [0.717, 1.165) is 41.4 Å². The minimum absolute atomic E-state index is 0.0336. The van der Waals surface area contributed by atoms with Crippen LogP contribution in [0.25, 0.3) is 0 Å². The van der Waals surface area contributed by atoms with Gasteiger partial charge in [-0.3, -0.25) is 9.69 Å². The lowest BCUT2D eigenvalue weighted by atomic mass is 10.1. The lowest BCUT2D eigenvalue weighted by Crippen LogP contribution is -2.43. The van der Waals surface area contributed by atoms with Gasteiger partial charge in [-0.25, -0.2) is 0 Å². The van der Waals surface area contributed by atoms with E-state index >= 15 is 0 Å². The molecule has 7 nitrogen and oxygen atoms in total. The number of benzene rings is 3. The Morgan fingerprint density at radius 2 is 1.68 bits per heavy atom. The standard InChI is InChI=1S/C30H36ClN3O4/c1-36-25-11-8-22(9-12-25)18-33-24-17-27(34(20-24)19-23-6-4-5-7-26(23)31)30(35)32-15-14-21-10-13-28(37-2)29(16-21)38-3/h4-13,16,24,27,33H,14-15,17-20H2,1-3H3,(H,32,35)/t24-,27-/m0/s1. The Hall–Kier alpha value is -3.26. The molecule has 1 amide bonds. The number of hydrogen-bond donors (Lipinski definition) is 2. The number of carbonyl (C=O) groups excluding carboxylic acids is 1. The first-order valence-electron chi connectivity index (χ1n) is 12.8. The average molecular weight is 538 g/mol. The number of nitrogens with zero attached hydrogens (tertiary/aromatic N) is 1. The first-order chi connectivity index (χ1) is 18.5. The van der Waals surface area contributed by atoms with Gasteiger partial charge in [-0.1, -0.05) is 48.0 Å². The molecular weight excluding hydrogens is 502 g/mol. The highest BCUT2D eigenvalue weighted by molar-refractivity contribution is 6.31. The van der Waals surface area contributed by atoms with Crippen molar-refractivity contribution in [2.75, 3.05) is 34.4 Å². The van der Waals surface area contributed by atoms with E-state index in [1.807, 2.05) is 54.6 Å². The third kappa shape index (κ3) is 7.19. The summed E-state index contributed by atoms with van der Waals surface area (Å²) in [5.74, 6) is 2.25. The van der Waals surface area contributed by atoms with Crippen LogP contribution in [-0.4, -0.2) is 57.3 Å². The van der Waals surface area contributed by atoms with Crippen LogP contribution in [0, 0.1) is 0 Å². The lowest BCUT2D eigenvalue weighted by molar-refractivity contribution is -0.125. The largest absolute Gasteiger partial charge is 0.497 e. The van der Waals surface area contributed by atoms with Crippen LogP contribution in [0.1, 0.15) is 23.1 Å². The third-order valence-corrected chi connectivity index (χ3v) is 7.32. The molecule has 1 fully saturated rings. The summed E-state index contributed by atoms with van der Waals surface area (Å²) >= 11 is 6.46. The predicted octanol–water partition coefficient (Wildman–Crippen LogP) is 4.46. The van der Waals surface area contributed by atoms with Crippen molar-refractivity contribution < 1.29 is 19.0 Å². The number of carbonyl (C=O) groups is 1. The Bertz CT molecular complexity index is 1200. The van der Waals surface area contributed by atoms with Gasteiger partial charge in [0.15, 0.2) is 11.5 Å². The maximum atomic E-state index is 13.4. The Morgan fingerprint density at radius 1 is 0.947 bits per heavy atom. The summed E-state index contributed by atoms with van der Waals surface area (Å²) in [6.07, 6.45) is 1.42. The fraction of sp³-hybridized carbons (Fsp3) is 0.367. The normalized spacial score (nSPS) is 17.3. The number of halogens is 1. The lowest BCUT2D eigenvalue weighted by Gasteiger charge is -2.24. The van der Waals surface area contributed by atoms with Gasteiger partial charge in [-0.05, 0) is 59.9 Å². The molecule has 0 aliphatic carbocycles. The third-order valence-electron chi connectivity index (χ3n) is 6.95. The number of ether oxygens (including phenoxy) is 3. The maximum absolute atomic E-state index is 13.4. The first-order valence-corrected chi connectivity index (χ1v) is 13.2. The van der Waals surface area contributed by atoms with Crippen molar-refractivity contribution in [1.29, 1.82) is 0 Å². The van der Waals surface area contributed by atoms with Gasteiger partial charge in [0.25, 0.3) is 0 Å². The summed E-state index contributed by atoms with van der Waals surface area (Å²) in [7, 11) is 4.90. The molecule has 0 saturated carbocycles. The van der Waals surface area contributed by atoms with Gasteiger partial charge in [0.2, 0.25) is 5.91 Å². The molecule has 1 saturated heterocycles. The van der Waals surface area contributed by atoms with Crippen molar-refractivity contribution in [2.24, 2.45) is 0 Å². The molecule has 202 valence electrons. The molecule has 4 rings (SSSR count). The van der Waals surface area contributed by atoms with E-state index in [2.05, 4.69) is 27.7 Å². The van der Waals surface area contributed by atoms with Gasteiger partial charge in [-0.2, -0.15) is 0 Å². The highest BCUT2D eigenvalue weighted by Gasteiger charge is 2.36. The summed E-state index contributed by atoms with van der Waals surface area (Å²) in [5, 5.41) is 7.50. The molecule has 0 bridgehead atoms. The summed E-state index contributed by atoms with van der Waals surface area (Å²) in [5.41, 5.74) is 3.26. The number of amides is 1. The van der Waals surface area contributed by atoms with Crippen molar-refractivity contribution in [3.05, 3.63) is 88.4 Å². The molecule has 38 heavy (non-hydrogen) atoms. The molecule has 3 aromatic rings. The van der Waals surface area contributed by atoms with Crippen molar-refractivity contribution in [2.45, 2.75) is 38.0 Å². The van der Waals surface area contributed by atoms with E-state index in [-0.39, 0.29) is 18.0 Å². The maximum Gasteiger partial charge on any atom is 0.237 e. The second-order valence-corrected chi connectivity index (χ2v) is 9.84. The highest BCUT2D eigenvalue weighted by Crippen LogP contribution is 2.28. The molecule has 8 heteroatoms. The van der Waals surface area contributed by atoms with Gasteiger partial charge in [0.05, 0.1) is 27.4 Å². The molecule has 0 unspecified atom stereocenters. The van der Waals surface area contributed by atoms with Crippen molar-refractivity contribution >= 4 is 17.5 Å². The van der Waals surface area contributed by atoms with E-state index in [9.17, 15) is 4.79 Å². The van der Waals surface area contributed by atoms with Crippen molar-refractivity contribution in [1.82, 2.24) is 15.5 Å². The van der Waals surface area contributed by atoms with Crippen LogP contribution < -0.4 is 24.8 Å². The van der Waals surface area contributed by atoms with E-state index < -0.39 is 0 Å². The molecule has 1 aliphatic rings. The van der Waals surface area contributed by atoms with E-state index in [1.54, 1.807) is 21.3 Å². The van der Waals surface area contributed by atoms with Crippen molar-refractivity contribution in [3.8, 4) is 17.2 Å². The van der Waals surface area contributed by atoms with Crippen molar-refractivity contribution in [3.63, 3.8) is 0 Å². The Kier molecular flexibility index (Phi) is 9.87. The monoisotopic (exact) mass is 537 g/mol. The second-order valence-electron chi connectivity index (χ2n) is 9.43. The smallest absolute Gasteiger partial charge is 0.237 e. The summed E-state index contributed by atoms with van der Waals surface area (Å²) in [4.78, 5) is 15.6. The quantitative estimate of drug-likeness (QED) is 0.355. The molecule has 1 aliphatic heterocycles. The molecule has 0 aromatic heterocycles. The fourth-order valence-corrected chi connectivity index (χ4v) is 5.03. The zero-order valence-corrected chi connectivity index (χ0v) is 23.0.